The van der Waals surface area contributed by atoms with Gasteiger partial charge in [0.2, 0.25) is 5.91 Å². The summed E-state index contributed by atoms with van der Waals surface area (Å²) in [7, 11) is 0. The first-order valence-electron chi connectivity index (χ1n) is 14.6. The molecule has 7 nitrogen and oxygen atoms in total. The molecule has 236 valence electrons. The smallest absolute Gasteiger partial charge is 0.251 e. The predicted molar refractivity (Wildman–Crippen MR) is 178 cm³/mol. The summed E-state index contributed by atoms with van der Waals surface area (Å²) in [4.78, 5) is 29.1. The lowest BCUT2D eigenvalue weighted by Gasteiger charge is -2.36. The highest BCUT2D eigenvalue weighted by Gasteiger charge is 2.40. The van der Waals surface area contributed by atoms with Gasteiger partial charge in [-0.2, -0.15) is 0 Å². The van der Waals surface area contributed by atoms with E-state index in [1.807, 2.05) is 36.9 Å². The van der Waals surface area contributed by atoms with Crippen molar-refractivity contribution in [3.63, 3.8) is 0 Å². The summed E-state index contributed by atoms with van der Waals surface area (Å²) < 4.78 is 11.5. The number of rotatable bonds is 11. The molecule has 2 atom stereocenters. The summed E-state index contributed by atoms with van der Waals surface area (Å²) in [5.41, 5.74) is 3.39. The highest BCUT2D eigenvalue weighted by atomic mass is 35.5. The van der Waals surface area contributed by atoms with E-state index in [9.17, 15) is 9.59 Å². The van der Waals surface area contributed by atoms with E-state index in [2.05, 4.69) is 10.6 Å². The van der Waals surface area contributed by atoms with E-state index in [0.29, 0.717) is 51.6 Å². The first kappa shape index (κ1) is 34.2. The first-order valence-corrected chi connectivity index (χ1v) is 15.7. The van der Waals surface area contributed by atoms with Crippen LogP contribution in [0, 0.1) is 19.8 Å². The topological polar surface area (TPSA) is 79.9 Å². The van der Waals surface area contributed by atoms with Gasteiger partial charge in [0, 0.05) is 35.8 Å². The Kier molecular flexibility index (Phi) is 12.1. The summed E-state index contributed by atoms with van der Waals surface area (Å²) in [5.74, 6) is 0.504. The molecule has 0 aromatic heterocycles. The monoisotopic (exact) mass is 679 g/mol. The standard InChI is InChI=1S/C33H36Cl3N3O4.ClH/c1-20-16-27(34)31(28(35)17-20)43-15-14-42-25-10-6-22(7-11-25)32(40)38-29-12-13-37-18-26(29)33(41)39(24-8-9-24)19-23-5-3-4-21(2)30(23)36;/h3-7,10-11,16-17,24,26,29,37H,8-9,12-15,18-19H2,1-2H3,(H,38,40);1H. The number of ether oxygens (including phenoxy) is 2. The number of benzene rings is 3. The molecule has 2 amide bonds. The molecule has 2 unspecified atom stereocenters. The molecule has 0 radical (unpaired) electrons. The van der Waals surface area contributed by atoms with Gasteiger partial charge in [-0.15, -0.1) is 12.4 Å². The van der Waals surface area contributed by atoms with Crippen molar-refractivity contribution in [2.24, 2.45) is 5.92 Å². The summed E-state index contributed by atoms with van der Waals surface area (Å²) in [5, 5.41) is 8.08. The maximum absolute atomic E-state index is 13.9. The van der Waals surface area contributed by atoms with Gasteiger partial charge in [0.25, 0.3) is 5.91 Å². The van der Waals surface area contributed by atoms with E-state index in [0.717, 1.165) is 36.1 Å². The number of carbonyl (C=O) groups excluding carboxylic acids is 2. The van der Waals surface area contributed by atoms with Gasteiger partial charge < -0.3 is 25.0 Å². The number of hydrogen-bond acceptors (Lipinski definition) is 5. The second-order valence-electron chi connectivity index (χ2n) is 11.2. The third-order valence-corrected chi connectivity index (χ3v) is 8.96. The van der Waals surface area contributed by atoms with Crippen LogP contribution < -0.4 is 20.1 Å². The maximum Gasteiger partial charge on any atom is 0.251 e. The van der Waals surface area contributed by atoms with Crippen molar-refractivity contribution in [2.45, 2.75) is 51.7 Å². The molecule has 1 saturated heterocycles. The quantitative estimate of drug-likeness (QED) is 0.213. The largest absolute Gasteiger partial charge is 0.490 e. The van der Waals surface area contributed by atoms with Crippen molar-refractivity contribution < 1.29 is 19.1 Å². The molecule has 44 heavy (non-hydrogen) atoms. The van der Waals surface area contributed by atoms with Crippen molar-refractivity contribution in [1.82, 2.24) is 15.5 Å². The number of nitrogens with one attached hydrogen (secondary N) is 2. The van der Waals surface area contributed by atoms with E-state index in [1.54, 1.807) is 36.4 Å². The second kappa shape index (κ2) is 15.5. The molecule has 3 aromatic rings. The molecule has 1 aliphatic heterocycles. The fourth-order valence-corrected chi connectivity index (χ4v) is 6.26. The zero-order chi connectivity index (χ0) is 30.5. The van der Waals surface area contributed by atoms with Gasteiger partial charge in [0.1, 0.15) is 19.0 Å². The summed E-state index contributed by atoms with van der Waals surface area (Å²) in [6.45, 7) is 6.13. The van der Waals surface area contributed by atoms with Gasteiger partial charge in [-0.3, -0.25) is 9.59 Å². The zero-order valence-electron chi connectivity index (χ0n) is 24.7. The maximum atomic E-state index is 13.9. The Hall–Kier alpha value is -2.68. The number of hydrogen-bond donors (Lipinski definition) is 2. The van der Waals surface area contributed by atoms with Gasteiger partial charge in [0.05, 0.1) is 16.0 Å². The van der Waals surface area contributed by atoms with E-state index < -0.39 is 0 Å². The third kappa shape index (κ3) is 8.52. The Bertz CT molecular complexity index is 1440. The van der Waals surface area contributed by atoms with Gasteiger partial charge in [0.15, 0.2) is 5.75 Å². The van der Waals surface area contributed by atoms with Gasteiger partial charge >= 0.3 is 0 Å². The molecule has 1 aliphatic carbocycles. The minimum atomic E-state index is -0.361. The number of carbonyl (C=O) groups is 2. The van der Waals surface area contributed by atoms with E-state index in [-0.39, 0.29) is 55.4 Å². The number of piperidine rings is 1. The average molecular weight is 681 g/mol. The van der Waals surface area contributed by atoms with Crippen LogP contribution in [0.15, 0.2) is 54.6 Å². The normalized spacial score (nSPS) is 17.8. The van der Waals surface area contributed by atoms with E-state index in [4.69, 9.17) is 44.3 Å². The van der Waals surface area contributed by atoms with Crippen LogP contribution in [0.2, 0.25) is 15.1 Å². The molecule has 0 spiro atoms. The molecule has 3 aromatic carbocycles. The SMILES string of the molecule is Cc1cc(Cl)c(OCCOc2ccc(C(=O)NC3CCNCC3C(=O)N(Cc3cccc(C)c3Cl)C3CC3)cc2)c(Cl)c1.Cl. The predicted octanol–water partition coefficient (Wildman–Crippen LogP) is 7.04. The lowest BCUT2D eigenvalue weighted by atomic mass is 9.91. The Morgan fingerprint density at radius 2 is 1.64 bits per heavy atom. The molecule has 5 rings (SSSR count). The van der Waals surface area contributed by atoms with Crippen LogP contribution in [-0.2, 0) is 11.3 Å². The molecule has 11 heteroatoms. The molecule has 1 heterocycles. The molecular formula is C33H37Cl4N3O4. The Morgan fingerprint density at radius 3 is 2.32 bits per heavy atom. The van der Waals surface area contributed by atoms with Crippen LogP contribution >= 0.6 is 47.2 Å². The molecular weight excluding hydrogens is 644 g/mol. The minimum Gasteiger partial charge on any atom is -0.490 e. The Labute approximate surface area is 279 Å². The van der Waals surface area contributed by atoms with Crippen molar-refractivity contribution in [3.8, 4) is 11.5 Å². The minimum absolute atomic E-state index is 0. The lowest BCUT2D eigenvalue weighted by Crippen LogP contribution is -2.55. The molecule has 0 bridgehead atoms. The van der Waals surface area contributed by atoms with Crippen LogP contribution in [0.4, 0.5) is 0 Å². The van der Waals surface area contributed by atoms with Gasteiger partial charge in [-0.05, 0) is 92.7 Å². The average Bonchev–Trinajstić information content (AvgIpc) is 3.83. The highest BCUT2D eigenvalue weighted by Crippen LogP contribution is 2.34. The van der Waals surface area contributed by atoms with Crippen molar-refractivity contribution in [2.75, 3.05) is 26.3 Å². The molecule has 1 saturated carbocycles. The summed E-state index contributed by atoms with van der Waals surface area (Å²) in [6, 6.07) is 16.4. The van der Waals surface area contributed by atoms with Gasteiger partial charge in [-0.1, -0.05) is 53.0 Å². The lowest BCUT2D eigenvalue weighted by molar-refractivity contribution is -0.138. The number of halogens is 4. The Balaban J connectivity index is 0.00000442. The fraction of sp³-hybridized carbons (Fsp3) is 0.394. The molecule has 2 N–H and O–H groups in total. The highest BCUT2D eigenvalue weighted by molar-refractivity contribution is 6.37. The van der Waals surface area contributed by atoms with Gasteiger partial charge in [-0.25, -0.2) is 0 Å². The molecule has 2 fully saturated rings. The number of amides is 2. The number of nitrogens with zero attached hydrogens (tertiary/aromatic N) is 1. The van der Waals surface area contributed by atoms with Crippen LogP contribution in [0.3, 0.4) is 0 Å². The first-order chi connectivity index (χ1) is 20.7. The van der Waals surface area contributed by atoms with Crippen LogP contribution in [-0.4, -0.2) is 55.1 Å². The van der Waals surface area contributed by atoms with Crippen molar-refractivity contribution in [1.29, 1.82) is 0 Å². The summed E-state index contributed by atoms with van der Waals surface area (Å²) in [6.07, 6.45) is 2.64. The second-order valence-corrected chi connectivity index (χ2v) is 12.4. The van der Waals surface area contributed by atoms with E-state index >= 15 is 0 Å². The third-order valence-electron chi connectivity index (χ3n) is 7.86. The van der Waals surface area contributed by atoms with Crippen LogP contribution in [0.5, 0.6) is 11.5 Å². The molecule has 2 aliphatic rings. The van der Waals surface area contributed by atoms with Crippen molar-refractivity contribution >= 4 is 59.0 Å². The van der Waals surface area contributed by atoms with Crippen LogP contribution in [0.1, 0.15) is 46.3 Å². The van der Waals surface area contributed by atoms with Crippen LogP contribution in [0.25, 0.3) is 0 Å². The summed E-state index contributed by atoms with van der Waals surface area (Å²) >= 11 is 19.0. The van der Waals surface area contributed by atoms with Crippen molar-refractivity contribution in [3.05, 3.63) is 91.9 Å². The fourth-order valence-electron chi connectivity index (χ4n) is 5.37. The number of aryl methyl sites for hydroxylation is 2. The zero-order valence-corrected chi connectivity index (χ0v) is 27.8. The Morgan fingerprint density at radius 1 is 0.955 bits per heavy atom. The van der Waals surface area contributed by atoms with E-state index in [1.165, 1.54) is 0 Å².